The second kappa shape index (κ2) is 2.06. The quantitative estimate of drug-likeness (QED) is 0.527. The van der Waals surface area contributed by atoms with E-state index < -0.39 is 0 Å². The van der Waals surface area contributed by atoms with Crippen molar-refractivity contribution in [3.05, 3.63) is 0 Å². The monoisotopic (exact) mass is 110 g/mol. The minimum atomic E-state index is 0.583. The van der Waals surface area contributed by atoms with Gasteiger partial charge in [0.2, 0.25) is 0 Å². The van der Waals surface area contributed by atoms with Crippen LogP contribution >= 0.6 is 0 Å². The molecular formula is C7H14O. The van der Waals surface area contributed by atoms with Crippen molar-refractivity contribution in [3.63, 3.8) is 0 Å². The topological polar surface area (TPSA) is 9.23 Å². The third-order valence-corrected chi connectivity index (χ3v) is 2.32. The molecule has 1 fully saturated rings. The maximum atomic E-state index is 5.12. The SMILES string of the molecule is CCC1(CC)CO[8CH2]1. The standard InChI is InChI=1S/C7H14O/c1-3-7(4-2)5-8-6-7/h3-6H2,1-2H3/i5-4. The van der Waals surface area contributed by atoms with E-state index in [9.17, 15) is 0 Å². The van der Waals surface area contributed by atoms with Crippen molar-refractivity contribution in [1.82, 2.24) is 0 Å². The summed E-state index contributed by atoms with van der Waals surface area (Å²) in [6, 6.07) is 0. The number of rotatable bonds is 2. The van der Waals surface area contributed by atoms with Gasteiger partial charge in [0.05, 0.1) is 13.2 Å². The van der Waals surface area contributed by atoms with Crippen LogP contribution in [0.1, 0.15) is 26.7 Å². The fraction of sp³-hybridized carbons (Fsp3) is 1.00. The summed E-state index contributed by atoms with van der Waals surface area (Å²) < 4.78 is 5.12. The Balaban J connectivity index is 2.33. The van der Waals surface area contributed by atoms with Gasteiger partial charge in [0.1, 0.15) is 0 Å². The molecule has 0 radical (unpaired) electrons. The Hall–Kier alpha value is -0.0400. The third-order valence-electron chi connectivity index (χ3n) is 2.32. The zero-order valence-electron chi connectivity index (χ0n) is 5.74. The molecule has 1 heteroatoms. The van der Waals surface area contributed by atoms with Gasteiger partial charge in [-0.15, -0.1) is 0 Å². The zero-order valence-corrected chi connectivity index (χ0v) is 5.74. The summed E-state index contributed by atoms with van der Waals surface area (Å²) in [5, 5.41) is 0. The second-order valence-electron chi connectivity index (χ2n) is 2.70. The highest BCUT2D eigenvalue weighted by molar-refractivity contribution is 4.82. The lowest BCUT2D eigenvalue weighted by Crippen LogP contribution is -2.41. The molecule has 0 atom stereocenters. The Morgan fingerprint density at radius 3 is 2.00 bits per heavy atom. The average molecular weight is 110 g/mol. The molecule has 0 aromatic heterocycles. The summed E-state index contributed by atoms with van der Waals surface area (Å²) in [5.74, 6) is 0. The molecule has 0 bridgehead atoms. The highest BCUT2D eigenvalue weighted by atomic mass is 16.4. The molecule has 0 N–H and O–H groups in total. The lowest BCUT2D eigenvalue weighted by molar-refractivity contribution is -0.116. The van der Waals surface area contributed by atoms with Crippen LogP contribution < -0.4 is 0 Å². The van der Waals surface area contributed by atoms with Gasteiger partial charge in [-0.3, -0.25) is 0 Å². The van der Waals surface area contributed by atoms with Gasteiger partial charge in [0, 0.05) is 5.41 Å². The fourth-order valence-electron chi connectivity index (χ4n) is 1.05. The van der Waals surface area contributed by atoms with E-state index in [1.54, 1.807) is 0 Å². The van der Waals surface area contributed by atoms with E-state index in [0.29, 0.717) is 5.41 Å². The van der Waals surface area contributed by atoms with Gasteiger partial charge >= 0.3 is 0 Å². The van der Waals surface area contributed by atoms with Crippen molar-refractivity contribution in [2.24, 2.45) is 5.41 Å². The molecule has 0 aromatic carbocycles. The first-order valence-electron chi connectivity index (χ1n) is 3.41. The van der Waals surface area contributed by atoms with E-state index >= 15 is 0 Å². The highest BCUT2D eigenvalue weighted by Gasteiger charge is 2.34. The lowest BCUT2D eigenvalue weighted by atomic mass is 7.63. The summed E-state index contributed by atoms with van der Waals surface area (Å²) >= 11 is 0. The molecule has 8 heavy (non-hydrogen) atoms. The molecule has 1 saturated heterocycles. The van der Waals surface area contributed by atoms with Crippen LogP contribution in [0.3, 0.4) is 0 Å². The van der Waals surface area contributed by atoms with Crippen molar-refractivity contribution in [3.8, 4) is 0 Å². The Kier molecular flexibility index (Phi) is 1.57. The molecule has 0 amide bonds. The van der Waals surface area contributed by atoms with Crippen molar-refractivity contribution in [1.29, 1.82) is 0 Å². The Labute approximate surface area is 51.0 Å². The van der Waals surface area contributed by atoms with Gasteiger partial charge in [-0.05, 0) is 12.8 Å². The maximum Gasteiger partial charge on any atom is 0.0544 e. The summed E-state index contributed by atoms with van der Waals surface area (Å²) in [6.07, 6.45) is 2.56. The first kappa shape index (κ1) is 6.09. The van der Waals surface area contributed by atoms with Gasteiger partial charge in [0.15, 0.2) is 0 Å². The number of hydrogen-bond donors (Lipinski definition) is 0. The van der Waals surface area contributed by atoms with Gasteiger partial charge in [-0.2, -0.15) is 0 Å². The molecular weight excluding hydrogens is 96.1 g/mol. The minimum Gasteiger partial charge on any atom is -0.380 e. The van der Waals surface area contributed by atoms with E-state index in [-0.39, 0.29) is 0 Å². The van der Waals surface area contributed by atoms with E-state index in [0.717, 1.165) is 13.2 Å². The van der Waals surface area contributed by atoms with Crippen molar-refractivity contribution < 1.29 is 4.74 Å². The highest BCUT2D eigenvalue weighted by Crippen LogP contribution is 2.33. The number of ether oxygens (including phenoxy) is 1. The normalized spacial score (nSPS) is 24.8. The van der Waals surface area contributed by atoms with Crippen LogP contribution in [-0.2, 0) is 4.74 Å². The molecule has 0 unspecified atom stereocenters. The molecule has 0 spiro atoms. The van der Waals surface area contributed by atoms with Crippen LogP contribution in [0, 0.1) is 5.41 Å². The first-order chi connectivity index (χ1) is 3.83. The van der Waals surface area contributed by atoms with Crippen LogP contribution in [0.4, 0.5) is 0 Å². The predicted molar refractivity (Wildman–Crippen MR) is 33.8 cm³/mol. The largest absolute Gasteiger partial charge is 0.380 e. The Morgan fingerprint density at radius 1 is 1.50 bits per heavy atom. The fourth-order valence-corrected chi connectivity index (χ4v) is 1.05. The van der Waals surface area contributed by atoms with E-state index in [2.05, 4.69) is 13.8 Å². The van der Waals surface area contributed by atoms with Gasteiger partial charge in [0.25, 0.3) is 0 Å². The van der Waals surface area contributed by atoms with Crippen LogP contribution in [0.25, 0.3) is 0 Å². The van der Waals surface area contributed by atoms with Crippen LogP contribution in [0.15, 0.2) is 0 Å². The molecule has 1 rings (SSSR count). The maximum absolute atomic E-state index is 5.12. The van der Waals surface area contributed by atoms with Gasteiger partial charge in [-0.1, -0.05) is 13.8 Å². The van der Waals surface area contributed by atoms with Crippen molar-refractivity contribution >= 4 is 0 Å². The minimum absolute atomic E-state index is 0.583. The molecule has 0 aliphatic carbocycles. The van der Waals surface area contributed by atoms with E-state index in [1.165, 1.54) is 12.8 Å². The summed E-state index contributed by atoms with van der Waals surface area (Å²) in [4.78, 5) is 0. The number of hydrogen-bond acceptors (Lipinski definition) is 1. The zero-order chi connectivity index (χ0) is 6.04. The molecule has 1 aliphatic heterocycles. The lowest BCUT2D eigenvalue weighted by Gasteiger charge is -2.39. The molecule has 0 saturated carbocycles. The summed E-state index contributed by atoms with van der Waals surface area (Å²) in [7, 11) is 0. The van der Waals surface area contributed by atoms with Crippen LogP contribution in [-0.4, -0.2) is 13.2 Å². The molecule has 48 valence electrons. The van der Waals surface area contributed by atoms with Gasteiger partial charge in [-0.25, -0.2) is 0 Å². The van der Waals surface area contributed by atoms with Crippen LogP contribution in [0.2, 0.25) is 0 Å². The van der Waals surface area contributed by atoms with Crippen LogP contribution in [0.5, 0.6) is 0 Å². The third kappa shape index (κ3) is 0.752. The second-order valence-corrected chi connectivity index (χ2v) is 2.70. The van der Waals surface area contributed by atoms with E-state index in [4.69, 9.17) is 4.74 Å². The summed E-state index contributed by atoms with van der Waals surface area (Å²) in [6.45, 7) is 6.48. The first-order valence-corrected chi connectivity index (χ1v) is 3.41. The predicted octanol–water partition coefficient (Wildman–Crippen LogP) is 1.82. The molecule has 0 aromatic rings. The van der Waals surface area contributed by atoms with Crippen molar-refractivity contribution in [2.75, 3.05) is 13.2 Å². The summed E-state index contributed by atoms with van der Waals surface area (Å²) in [5.41, 5.74) is 0.583. The smallest absolute Gasteiger partial charge is 0.0544 e. The Bertz CT molecular complexity index is 60.9. The molecule has 1 nitrogen and oxygen atoms in total. The molecule has 1 aliphatic rings. The Morgan fingerprint density at radius 2 is 2.00 bits per heavy atom. The molecule has 1 heterocycles. The average Bonchev–Trinajstić information content (AvgIpc) is 1.67. The van der Waals surface area contributed by atoms with Crippen molar-refractivity contribution in [2.45, 2.75) is 26.7 Å². The van der Waals surface area contributed by atoms with E-state index in [1.807, 2.05) is 0 Å². The van der Waals surface area contributed by atoms with Gasteiger partial charge < -0.3 is 4.74 Å².